The second kappa shape index (κ2) is 7.25. The molecule has 0 fully saturated rings. The van der Waals surface area contributed by atoms with Gasteiger partial charge in [0.15, 0.2) is 6.79 Å². The van der Waals surface area contributed by atoms with Gasteiger partial charge in [-0.3, -0.25) is 0 Å². The maximum atomic E-state index is 13.8. The average Bonchev–Trinajstić information content (AvgIpc) is 2.33. The van der Waals surface area contributed by atoms with Gasteiger partial charge in [0.2, 0.25) is 0 Å². The van der Waals surface area contributed by atoms with Gasteiger partial charge >= 0.3 is 0 Å². The lowest BCUT2D eigenvalue weighted by Crippen LogP contribution is -2.20. The molecule has 1 aromatic carbocycles. The summed E-state index contributed by atoms with van der Waals surface area (Å²) in [6.07, 6.45) is 1.03. The van der Waals surface area contributed by atoms with E-state index in [1.165, 1.54) is 13.2 Å². The Hall–Kier alpha value is -1.13. The zero-order valence-electron chi connectivity index (χ0n) is 10.6. The summed E-state index contributed by atoms with van der Waals surface area (Å²) in [7, 11) is 1.53. The zero-order valence-corrected chi connectivity index (χ0v) is 10.6. The van der Waals surface area contributed by atoms with Crippen LogP contribution in [0.1, 0.15) is 31.9 Å². The second-order valence-corrected chi connectivity index (χ2v) is 3.91. The van der Waals surface area contributed by atoms with Crippen molar-refractivity contribution in [2.75, 3.05) is 20.4 Å². The highest BCUT2D eigenvalue weighted by Gasteiger charge is 2.10. The van der Waals surface area contributed by atoms with Gasteiger partial charge in [0.1, 0.15) is 11.6 Å². The molecule has 0 amide bonds. The maximum absolute atomic E-state index is 13.8. The van der Waals surface area contributed by atoms with E-state index in [1.807, 2.05) is 6.92 Å². The van der Waals surface area contributed by atoms with E-state index in [9.17, 15) is 4.39 Å². The molecule has 96 valence electrons. The van der Waals surface area contributed by atoms with E-state index >= 15 is 0 Å². The van der Waals surface area contributed by atoms with Crippen LogP contribution in [0, 0.1) is 5.82 Å². The van der Waals surface area contributed by atoms with Gasteiger partial charge in [-0.25, -0.2) is 4.39 Å². The molecule has 0 aliphatic carbocycles. The Morgan fingerprint density at radius 3 is 2.76 bits per heavy atom. The molecular formula is C13H20FNO2. The molecule has 0 aliphatic rings. The Bertz CT molecular complexity index is 344. The number of benzene rings is 1. The van der Waals surface area contributed by atoms with Gasteiger partial charge in [-0.2, -0.15) is 0 Å². The van der Waals surface area contributed by atoms with Crippen LogP contribution in [0.3, 0.4) is 0 Å². The lowest BCUT2D eigenvalue weighted by molar-refractivity contribution is 0.0509. The van der Waals surface area contributed by atoms with Crippen LogP contribution in [0.5, 0.6) is 5.75 Å². The van der Waals surface area contributed by atoms with Crippen LogP contribution >= 0.6 is 0 Å². The normalized spacial score (nSPS) is 12.5. The van der Waals surface area contributed by atoms with Gasteiger partial charge in [-0.1, -0.05) is 13.0 Å². The van der Waals surface area contributed by atoms with Crippen molar-refractivity contribution in [2.24, 2.45) is 0 Å². The molecule has 4 heteroatoms. The summed E-state index contributed by atoms with van der Waals surface area (Å²) in [5, 5.41) is 3.25. The van der Waals surface area contributed by atoms with E-state index in [0.29, 0.717) is 11.3 Å². The van der Waals surface area contributed by atoms with E-state index in [-0.39, 0.29) is 18.7 Å². The molecule has 0 bridgehead atoms. The predicted molar refractivity (Wildman–Crippen MR) is 65.6 cm³/mol. The minimum absolute atomic E-state index is 0.00595. The maximum Gasteiger partial charge on any atom is 0.188 e. The van der Waals surface area contributed by atoms with Gasteiger partial charge in [0, 0.05) is 24.8 Å². The minimum atomic E-state index is -0.255. The van der Waals surface area contributed by atoms with Crippen molar-refractivity contribution >= 4 is 0 Å². The van der Waals surface area contributed by atoms with Gasteiger partial charge in [-0.05, 0) is 26.0 Å². The third kappa shape index (κ3) is 4.32. The third-order valence-electron chi connectivity index (χ3n) is 2.48. The lowest BCUT2D eigenvalue weighted by atomic mass is 10.1. The molecule has 1 aromatic rings. The fourth-order valence-corrected chi connectivity index (χ4v) is 1.55. The molecule has 17 heavy (non-hydrogen) atoms. The van der Waals surface area contributed by atoms with Crippen LogP contribution in [0.15, 0.2) is 18.2 Å². The quantitative estimate of drug-likeness (QED) is 0.745. The summed E-state index contributed by atoms with van der Waals surface area (Å²) in [5.41, 5.74) is 0.656. The molecule has 1 N–H and O–H groups in total. The summed E-state index contributed by atoms with van der Waals surface area (Å²) in [6, 6.07) is 4.89. The van der Waals surface area contributed by atoms with Crippen LogP contribution in [0.25, 0.3) is 0 Å². The number of methoxy groups -OCH3 is 1. The largest absolute Gasteiger partial charge is 0.467 e. The molecular weight excluding hydrogens is 221 g/mol. The van der Waals surface area contributed by atoms with Crippen molar-refractivity contribution in [3.63, 3.8) is 0 Å². The summed E-state index contributed by atoms with van der Waals surface area (Å²) in [4.78, 5) is 0. The first-order valence-electron chi connectivity index (χ1n) is 5.83. The molecule has 0 saturated carbocycles. The SMILES string of the molecule is CCCNC(C)c1ccc(OCOC)cc1F. The van der Waals surface area contributed by atoms with Crippen LogP contribution in [-0.2, 0) is 4.74 Å². The van der Waals surface area contributed by atoms with Crippen molar-refractivity contribution in [3.8, 4) is 5.75 Å². The smallest absolute Gasteiger partial charge is 0.188 e. The summed E-state index contributed by atoms with van der Waals surface area (Å²) >= 11 is 0. The highest BCUT2D eigenvalue weighted by atomic mass is 19.1. The Morgan fingerprint density at radius 2 is 2.18 bits per heavy atom. The van der Waals surface area contributed by atoms with Crippen LogP contribution in [-0.4, -0.2) is 20.4 Å². The number of hydrogen-bond donors (Lipinski definition) is 1. The van der Waals surface area contributed by atoms with E-state index in [4.69, 9.17) is 9.47 Å². The monoisotopic (exact) mass is 241 g/mol. The highest BCUT2D eigenvalue weighted by molar-refractivity contribution is 5.30. The molecule has 1 rings (SSSR count). The van der Waals surface area contributed by atoms with Gasteiger partial charge in [-0.15, -0.1) is 0 Å². The molecule has 0 aromatic heterocycles. The van der Waals surface area contributed by atoms with Gasteiger partial charge in [0.25, 0.3) is 0 Å². The molecule has 3 nitrogen and oxygen atoms in total. The number of hydrogen-bond acceptors (Lipinski definition) is 3. The second-order valence-electron chi connectivity index (χ2n) is 3.91. The fraction of sp³-hybridized carbons (Fsp3) is 0.538. The molecule has 0 saturated heterocycles. The highest BCUT2D eigenvalue weighted by Crippen LogP contribution is 2.21. The van der Waals surface area contributed by atoms with E-state index in [0.717, 1.165) is 13.0 Å². The number of rotatable bonds is 7. The van der Waals surface area contributed by atoms with E-state index in [1.54, 1.807) is 12.1 Å². The Labute approximate surface area is 102 Å². The Morgan fingerprint density at radius 1 is 1.41 bits per heavy atom. The van der Waals surface area contributed by atoms with E-state index in [2.05, 4.69) is 12.2 Å². The first kappa shape index (κ1) is 13.9. The topological polar surface area (TPSA) is 30.5 Å². The van der Waals surface area contributed by atoms with Gasteiger partial charge in [0.05, 0.1) is 0 Å². The van der Waals surface area contributed by atoms with Crippen LogP contribution in [0.2, 0.25) is 0 Å². The van der Waals surface area contributed by atoms with Crippen molar-refractivity contribution in [1.29, 1.82) is 0 Å². The van der Waals surface area contributed by atoms with Crippen molar-refractivity contribution in [2.45, 2.75) is 26.3 Å². The fourth-order valence-electron chi connectivity index (χ4n) is 1.55. The molecule has 0 aliphatic heterocycles. The average molecular weight is 241 g/mol. The third-order valence-corrected chi connectivity index (χ3v) is 2.48. The number of halogens is 1. The van der Waals surface area contributed by atoms with Crippen molar-refractivity contribution in [3.05, 3.63) is 29.6 Å². The van der Waals surface area contributed by atoms with Crippen LogP contribution < -0.4 is 10.1 Å². The number of nitrogens with one attached hydrogen (secondary N) is 1. The molecule has 1 unspecified atom stereocenters. The molecule has 1 atom stereocenters. The Balaban J connectivity index is 2.68. The van der Waals surface area contributed by atoms with Crippen molar-refractivity contribution < 1.29 is 13.9 Å². The zero-order chi connectivity index (χ0) is 12.7. The number of ether oxygens (including phenoxy) is 2. The molecule has 0 spiro atoms. The Kier molecular flexibility index (Phi) is 5.94. The predicted octanol–water partition coefficient (Wildman–Crippen LogP) is 2.87. The molecule has 0 radical (unpaired) electrons. The summed E-state index contributed by atoms with van der Waals surface area (Å²) in [5.74, 6) is 0.227. The van der Waals surface area contributed by atoms with Crippen molar-refractivity contribution in [1.82, 2.24) is 5.32 Å². The summed E-state index contributed by atoms with van der Waals surface area (Å²) in [6.45, 7) is 5.03. The summed E-state index contributed by atoms with van der Waals surface area (Å²) < 4.78 is 23.7. The van der Waals surface area contributed by atoms with Gasteiger partial charge < -0.3 is 14.8 Å². The first-order valence-corrected chi connectivity index (χ1v) is 5.83. The molecule has 0 heterocycles. The first-order chi connectivity index (χ1) is 8.19. The minimum Gasteiger partial charge on any atom is -0.467 e. The van der Waals surface area contributed by atoms with Crippen LogP contribution in [0.4, 0.5) is 4.39 Å². The lowest BCUT2D eigenvalue weighted by Gasteiger charge is -2.15. The standard InChI is InChI=1S/C13H20FNO2/c1-4-7-15-10(2)12-6-5-11(8-13(12)14)17-9-16-3/h5-6,8,10,15H,4,7,9H2,1-3H3. The van der Waals surface area contributed by atoms with E-state index < -0.39 is 0 Å².